The van der Waals surface area contributed by atoms with E-state index in [-0.39, 0.29) is 5.91 Å². The minimum Gasteiger partial charge on any atom is -0.358 e. The summed E-state index contributed by atoms with van der Waals surface area (Å²) in [5, 5.41) is 1.98. The summed E-state index contributed by atoms with van der Waals surface area (Å²) >= 11 is 5.91. The Kier molecular flexibility index (Phi) is 4.26. The van der Waals surface area contributed by atoms with E-state index < -0.39 is 0 Å². The third-order valence-electron chi connectivity index (χ3n) is 5.23. The Morgan fingerprint density at radius 3 is 2.48 bits per heavy atom. The topological polar surface area (TPSA) is 36.1 Å². The van der Waals surface area contributed by atoms with Gasteiger partial charge in [0.25, 0.3) is 5.91 Å². The molecular weight excluding hydrogens is 332 g/mol. The highest BCUT2D eigenvalue weighted by molar-refractivity contribution is 6.30. The van der Waals surface area contributed by atoms with Gasteiger partial charge < -0.3 is 9.88 Å². The van der Waals surface area contributed by atoms with Crippen LogP contribution in [-0.4, -0.2) is 28.9 Å². The molecule has 1 aliphatic rings. The number of fused-ring (bicyclic) bond motifs is 1. The quantitative estimate of drug-likeness (QED) is 0.680. The maximum absolute atomic E-state index is 12.7. The zero-order chi connectivity index (χ0) is 17.4. The molecule has 128 valence electrons. The first kappa shape index (κ1) is 16.2. The number of carbonyl (C=O) groups is 1. The molecule has 1 aromatic heterocycles. The van der Waals surface area contributed by atoms with Gasteiger partial charge in [0, 0.05) is 40.3 Å². The number of amides is 1. The van der Waals surface area contributed by atoms with Gasteiger partial charge in [-0.1, -0.05) is 29.8 Å². The second-order valence-electron chi connectivity index (χ2n) is 6.78. The molecule has 2 heterocycles. The van der Waals surface area contributed by atoms with Crippen molar-refractivity contribution in [3.8, 4) is 0 Å². The van der Waals surface area contributed by atoms with Crippen molar-refractivity contribution in [2.24, 2.45) is 0 Å². The Balaban J connectivity index is 1.50. The molecule has 0 saturated carbocycles. The van der Waals surface area contributed by atoms with E-state index in [1.807, 2.05) is 4.90 Å². The van der Waals surface area contributed by atoms with Crippen LogP contribution in [0.4, 0.5) is 0 Å². The fourth-order valence-corrected chi connectivity index (χ4v) is 4.10. The molecule has 3 aromatic rings. The first-order chi connectivity index (χ1) is 12.1. The average molecular weight is 353 g/mol. The highest BCUT2D eigenvalue weighted by Crippen LogP contribution is 2.35. The number of halogens is 1. The molecule has 0 spiro atoms. The Hall–Kier alpha value is -2.26. The molecule has 1 amide bonds. The van der Waals surface area contributed by atoms with Gasteiger partial charge in [-0.2, -0.15) is 0 Å². The predicted molar refractivity (Wildman–Crippen MR) is 102 cm³/mol. The second kappa shape index (κ2) is 6.57. The highest BCUT2D eigenvalue weighted by Gasteiger charge is 2.27. The molecule has 1 saturated heterocycles. The number of rotatable bonds is 2. The fraction of sp³-hybridized carbons (Fsp3) is 0.286. The number of aromatic nitrogens is 1. The lowest BCUT2D eigenvalue weighted by atomic mass is 9.87. The zero-order valence-corrected chi connectivity index (χ0v) is 15.0. The minimum absolute atomic E-state index is 0.103. The lowest BCUT2D eigenvalue weighted by molar-refractivity contribution is 0.0713. The van der Waals surface area contributed by atoms with E-state index in [2.05, 4.69) is 36.2 Å². The average Bonchev–Trinajstić information content (AvgIpc) is 2.97. The van der Waals surface area contributed by atoms with Gasteiger partial charge in [-0.3, -0.25) is 4.79 Å². The highest BCUT2D eigenvalue weighted by atomic mass is 35.5. The molecule has 1 N–H and O–H groups in total. The molecule has 4 heteroatoms. The molecule has 0 bridgehead atoms. The second-order valence-corrected chi connectivity index (χ2v) is 7.22. The number of hydrogen-bond donors (Lipinski definition) is 1. The molecular formula is C21H21ClN2O. The smallest absolute Gasteiger partial charge is 0.253 e. The van der Waals surface area contributed by atoms with Gasteiger partial charge in [0.15, 0.2) is 0 Å². The Morgan fingerprint density at radius 1 is 1.08 bits per heavy atom. The summed E-state index contributed by atoms with van der Waals surface area (Å²) in [6.07, 6.45) is 2.00. The molecule has 0 aliphatic carbocycles. The molecule has 0 atom stereocenters. The normalized spacial score (nSPS) is 15.7. The maximum Gasteiger partial charge on any atom is 0.253 e. The molecule has 1 fully saturated rings. The maximum atomic E-state index is 12.7. The van der Waals surface area contributed by atoms with Gasteiger partial charge in [-0.25, -0.2) is 0 Å². The van der Waals surface area contributed by atoms with Crippen LogP contribution in [0.15, 0.2) is 48.5 Å². The van der Waals surface area contributed by atoms with Crippen LogP contribution in [0, 0.1) is 6.92 Å². The standard InChI is InChI=1S/C21H21ClN2O/c1-14-20(18-4-2-3-5-19(18)23-14)15-10-12-24(13-11-15)21(25)16-6-8-17(22)9-7-16/h2-9,15,23H,10-13H2,1H3. The third kappa shape index (κ3) is 3.05. The van der Waals surface area contributed by atoms with Crippen molar-refractivity contribution in [3.05, 3.63) is 70.4 Å². The largest absolute Gasteiger partial charge is 0.358 e. The zero-order valence-electron chi connectivity index (χ0n) is 14.3. The van der Waals surface area contributed by atoms with Crippen LogP contribution >= 0.6 is 11.6 Å². The van der Waals surface area contributed by atoms with Crippen molar-refractivity contribution in [2.45, 2.75) is 25.7 Å². The van der Waals surface area contributed by atoms with E-state index in [1.54, 1.807) is 24.3 Å². The number of H-pyrrole nitrogens is 1. The first-order valence-electron chi connectivity index (χ1n) is 8.75. The lowest BCUT2D eigenvalue weighted by Gasteiger charge is -2.32. The summed E-state index contributed by atoms with van der Waals surface area (Å²) in [5.74, 6) is 0.608. The summed E-state index contributed by atoms with van der Waals surface area (Å²) < 4.78 is 0. The van der Waals surface area contributed by atoms with Crippen LogP contribution in [0.3, 0.4) is 0 Å². The first-order valence-corrected chi connectivity index (χ1v) is 9.13. The molecule has 1 aliphatic heterocycles. The molecule has 4 rings (SSSR count). The monoisotopic (exact) mass is 352 g/mol. The Bertz CT molecular complexity index is 905. The van der Waals surface area contributed by atoms with Crippen LogP contribution in [0.2, 0.25) is 5.02 Å². The van der Waals surface area contributed by atoms with Crippen LogP contribution < -0.4 is 0 Å². The number of aromatic amines is 1. The van der Waals surface area contributed by atoms with Crippen LogP contribution in [0.5, 0.6) is 0 Å². The van der Waals surface area contributed by atoms with E-state index in [4.69, 9.17) is 11.6 Å². The SMILES string of the molecule is Cc1[nH]c2ccccc2c1C1CCN(C(=O)c2ccc(Cl)cc2)CC1. The molecule has 2 aromatic carbocycles. The van der Waals surface area contributed by atoms with E-state index in [9.17, 15) is 4.79 Å². The summed E-state index contributed by atoms with van der Waals surface area (Å²) in [7, 11) is 0. The Morgan fingerprint density at radius 2 is 1.76 bits per heavy atom. The summed E-state index contributed by atoms with van der Waals surface area (Å²) in [6, 6.07) is 15.6. The van der Waals surface area contributed by atoms with Gasteiger partial charge in [0.05, 0.1) is 0 Å². The molecule has 0 radical (unpaired) electrons. The number of aryl methyl sites for hydroxylation is 1. The molecule has 25 heavy (non-hydrogen) atoms. The predicted octanol–water partition coefficient (Wildman–Crippen LogP) is 5.15. The van der Waals surface area contributed by atoms with Crippen LogP contribution in [0.25, 0.3) is 10.9 Å². The van der Waals surface area contributed by atoms with Gasteiger partial charge in [-0.05, 0) is 61.6 Å². The van der Waals surface area contributed by atoms with E-state index >= 15 is 0 Å². The Labute approximate surface area is 152 Å². The number of carbonyl (C=O) groups excluding carboxylic acids is 1. The van der Waals surface area contributed by atoms with Crippen molar-refractivity contribution >= 4 is 28.4 Å². The van der Waals surface area contributed by atoms with E-state index in [1.165, 1.54) is 22.2 Å². The van der Waals surface area contributed by atoms with Crippen LogP contribution in [-0.2, 0) is 0 Å². The van der Waals surface area contributed by atoms with Crippen molar-refractivity contribution in [3.63, 3.8) is 0 Å². The molecule has 0 unspecified atom stereocenters. The van der Waals surface area contributed by atoms with Crippen molar-refractivity contribution in [2.75, 3.05) is 13.1 Å². The van der Waals surface area contributed by atoms with Crippen molar-refractivity contribution in [1.82, 2.24) is 9.88 Å². The number of para-hydroxylation sites is 1. The van der Waals surface area contributed by atoms with Gasteiger partial charge >= 0.3 is 0 Å². The third-order valence-corrected chi connectivity index (χ3v) is 5.48. The van der Waals surface area contributed by atoms with E-state index in [0.29, 0.717) is 16.5 Å². The fourth-order valence-electron chi connectivity index (χ4n) is 3.97. The lowest BCUT2D eigenvalue weighted by Crippen LogP contribution is -2.38. The minimum atomic E-state index is 0.103. The summed E-state index contributed by atoms with van der Waals surface area (Å²) in [6.45, 7) is 3.75. The molecule has 3 nitrogen and oxygen atoms in total. The summed E-state index contributed by atoms with van der Waals surface area (Å²) in [5.41, 5.74) is 4.60. The number of benzene rings is 2. The van der Waals surface area contributed by atoms with E-state index in [0.717, 1.165) is 25.9 Å². The van der Waals surface area contributed by atoms with Gasteiger partial charge in [0.1, 0.15) is 0 Å². The van der Waals surface area contributed by atoms with Gasteiger partial charge in [-0.15, -0.1) is 0 Å². The number of nitrogens with zero attached hydrogens (tertiary/aromatic N) is 1. The number of likely N-dealkylation sites (tertiary alicyclic amines) is 1. The van der Waals surface area contributed by atoms with Crippen LogP contribution in [0.1, 0.15) is 40.4 Å². The van der Waals surface area contributed by atoms with Crippen molar-refractivity contribution in [1.29, 1.82) is 0 Å². The van der Waals surface area contributed by atoms with Crippen molar-refractivity contribution < 1.29 is 4.79 Å². The number of nitrogens with one attached hydrogen (secondary N) is 1. The number of hydrogen-bond acceptors (Lipinski definition) is 1. The summed E-state index contributed by atoms with van der Waals surface area (Å²) in [4.78, 5) is 18.1. The number of piperidine rings is 1. The van der Waals surface area contributed by atoms with Gasteiger partial charge in [0.2, 0.25) is 0 Å².